The van der Waals surface area contributed by atoms with Crippen LogP contribution in [0.1, 0.15) is 11.4 Å². The molecule has 23 heavy (non-hydrogen) atoms. The normalized spacial score (nSPS) is 11.7. The maximum Gasteiger partial charge on any atom is 0.270 e. The number of hydrogen-bond donors (Lipinski definition) is 0. The van der Waals surface area contributed by atoms with Gasteiger partial charge in [0.05, 0.1) is 20.9 Å². The molecule has 118 valence electrons. The molecule has 0 saturated heterocycles. The SMILES string of the molecule is Cc1ccc([N+](=O)[O-])cc1S(=O)(=O)n1c(C)nc2ccccc21. The van der Waals surface area contributed by atoms with E-state index in [1.807, 2.05) is 0 Å². The maximum atomic E-state index is 13.0. The molecule has 0 saturated carbocycles. The standard InChI is InChI=1S/C15H13N3O4S/c1-10-7-8-12(18(19)20)9-15(10)23(21,22)17-11(2)16-13-5-3-4-6-14(13)17/h3-9H,1-2H3. The summed E-state index contributed by atoms with van der Waals surface area (Å²) < 4.78 is 27.2. The molecule has 3 aromatic rings. The van der Waals surface area contributed by atoms with E-state index in [1.54, 1.807) is 38.1 Å². The third-order valence-electron chi connectivity index (χ3n) is 3.58. The van der Waals surface area contributed by atoms with Crippen molar-refractivity contribution in [1.82, 2.24) is 8.96 Å². The summed E-state index contributed by atoms with van der Waals surface area (Å²) in [6.45, 7) is 3.19. The quantitative estimate of drug-likeness (QED) is 0.543. The largest absolute Gasteiger partial charge is 0.270 e. The first-order chi connectivity index (χ1) is 10.8. The summed E-state index contributed by atoms with van der Waals surface area (Å²) >= 11 is 0. The highest BCUT2D eigenvalue weighted by Crippen LogP contribution is 2.27. The van der Waals surface area contributed by atoms with Crippen LogP contribution in [0.25, 0.3) is 11.0 Å². The van der Waals surface area contributed by atoms with Crippen LogP contribution >= 0.6 is 0 Å². The van der Waals surface area contributed by atoms with Gasteiger partial charge in [-0.1, -0.05) is 18.2 Å². The summed E-state index contributed by atoms with van der Waals surface area (Å²) in [6, 6.07) is 10.7. The molecular formula is C15H13N3O4S. The number of nitro benzene ring substituents is 1. The molecule has 2 aromatic carbocycles. The zero-order valence-electron chi connectivity index (χ0n) is 12.4. The number of hydrogen-bond acceptors (Lipinski definition) is 5. The van der Waals surface area contributed by atoms with Gasteiger partial charge in [0, 0.05) is 12.1 Å². The van der Waals surface area contributed by atoms with E-state index in [0.717, 1.165) is 10.0 Å². The number of aromatic nitrogens is 2. The number of para-hydroxylation sites is 2. The van der Waals surface area contributed by atoms with Crippen LogP contribution in [0.5, 0.6) is 0 Å². The molecule has 0 amide bonds. The number of nitrogens with zero attached hydrogens (tertiary/aromatic N) is 3. The van der Waals surface area contributed by atoms with E-state index in [0.29, 0.717) is 22.4 Å². The Bertz CT molecular complexity index is 1040. The van der Waals surface area contributed by atoms with E-state index < -0.39 is 14.9 Å². The van der Waals surface area contributed by atoms with Gasteiger partial charge in [0.25, 0.3) is 15.7 Å². The van der Waals surface area contributed by atoms with Crippen LogP contribution in [-0.2, 0) is 10.0 Å². The first-order valence-electron chi connectivity index (χ1n) is 6.77. The summed E-state index contributed by atoms with van der Waals surface area (Å²) in [6.07, 6.45) is 0. The average molecular weight is 331 g/mol. The highest BCUT2D eigenvalue weighted by Gasteiger charge is 2.26. The summed E-state index contributed by atoms with van der Waals surface area (Å²) in [5, 5.41) is 10.9. The molecule has 0 aliphatic rings. The van der Waals surface area contributed by atoms with Gasteiger partial charge >= 0.3 is 0 Å². The van der Waals surface area contributed by atoms with Crippen molar-refractivity contribution in [3.05, 3.63) is 64.0 Å². The second-order valence-electron chi connectivity index (χ2n) is 5.12. The lowest BCUT2D eigenvalue weighted by Crippen LogP contribution is -2.16. The Kier molecular flexibility index (Phi) is 3.41. The van der Waals surface area contributed by atoms with Gasteiger partial charge in [0.2, 0.25) is 0 Å². The van der Waals surface area contributed by atoms with Crippen LogP contribution in [-0.4, -0.2) is 22.3 Å². The number of rotatable bonds is 3. The van der Waals surface area contributed by atoms with Crippen molar-refractivity contribution in [3.8, 4) is 0 Å². The fourth-order valence-electron chi connectivity index (χ4n) is 2.51. The molecule has 0 atom stereocenters. The molecule has 0 unspecified atom stereocenters. The first kappa shape index (κ1) is 15.2. The van der Waals surface area contributed by atoms with Crippen LogP contribution < -0.4 is 0 Å². The van der Waals surface area contributed by atoms with Gasteiger partial charge < -0.3 is 0 Å². The fraction of sp³-hybridized carbons (Fsp3) is 0.133. The van der Waals surface area contributed by atoms with E-state index in [4.69, 9.17) is 0 Å². The second-order valence-corrected chi connectivity index (χ2v) is 6.88. The molecule has 0 aliphatic carbocycles. The monoisotopic (exact) mass is 331 g/mol. The van der Waals surface area contributed by atoms with Gasteiger partial charge in [0.1, 0.15) is 5.82 Å². The predicted octanol–water partition coefficient (Wildman–Crippen LogP) is 2.80. The minimum absolute atomic E-state index is 0.0991. The molecule has 0 N–H and O–H groups in total. The highest BCUT2D eigenvalue weighted by atomic mass is 32.2. The fourth-order valence-corrected chi connectivity index (χ4v) is 4.25. The van der Waals surface area contributed by atoms with Crippen LogP contribution in [0.15, 0.2) is 47.4 Å². The zero-order chi connectivity index (χ0) is 16.8. The Morgan fingerprint density at radius 3 is 2.52 bits per heavy atom. The maximum absolute atomic E-state index is 13.0. The van der Waals surface area contributed by atoms with Gasteiger partial charge in [-0.05, 0) is 31.5 Å². The number of imidazole rings is 1. The van der Waals surface area contributed by atoms with Gasteiger partial charge in [-0.3, -0.25) is 10.1 Å². The molecule has 0 radical (unpaired) electrons. The van der Waals surface area contributed by atoms with Crippen molar-refractivity contribution in [2.45, 2.75) is 18.7 Å². The molecule has 7 nitrogen and oxygen atoms in total. The van der Waals surface area contributed by atoms with Crippen LogP contribution in [0, 0.1) is 24.0 Å². The minimum Gasteiger partial charge on any atom is -0.258 e. The topological polar surface area (TPSA) is 95.1 Å². The summed E-state index contributed by atoms with van der Waals surface area (Å²) in [7, 11) is -3.99. The first-order valence-corrected chi connectivity index (χ1v) is 8.21. The number of fused-ring (bicyclic) bond motifs is 1. The lowest BCUT2D eigenvalue weighted by atomic mass is 10.2. The lowest BCUT2D eigenvalue weighted by Gasteiger charge is -2.11. The Morgan fingerprint density at radius 2 is 1.83 bits per heavy atom. The lowest BCUT2D eigenvalue weighted by molar-refractivity contribution is -0.385. The Balaban J connectivity index is 2.32. The van der Waals surface area contributed by atoms with Crippen molar-refractivity contribution < 1.29 is 13.3 Å². The third kappa shape index (κ3) is 2.36. The highest BCUT2D eigenvalue weighted by molar-refractivity contribution is 7.90. The molecule has 0 aliphatic heterocycles. The molecule has 0 fully saturated rings. The summed E-state index contributed by atoms with van der Waals surface area (Å²) in [5.74, 6) is 0.303. The van der Waals surface area contributed by atoms with Gasteiger partial charge in [-0.25, -0.2) is 17.4 Å². The van der Waals surface area contributed by atoms with Gasteiger partial charge in [0.15, 0.2) is 0 Å². The number of benzene rings is 2. The third-order valence-corrected chi connectivity index (χ3v) is 5.51. The predicted molar refractivity (Wildman–Crippen MR) is 84.9 cm³/mol. The van der Waals surface area contributed by atoms with Crippen LogP contribution in [0.2, 0.25) is 0 Å². The Hall–Kier alpha value is -2.74. The van der Waals surface area contributed by atoms with E-state index in [-0.39, 0.29) is 10.6 Å². The number of non-ortho nitro benzene ring substituents is 1. The molecule has 8 heteroatoms. The van der Waals surface area contributed by atoms with Gasteiger partial charge in [-0.15, -0.1) is 0 Å². The molecule has 1 aromatic heterocycles. The van der Waals surface area contributed by atoms with Crippen LogP contribution in [0.3, 0.4) is 0 Å². The van der Waals surface area contributed by atoms with E-state index in [1.165, 1.54) is 12.1 Å². The van der Waals surface area contributed by atoms with Gasteiger partial charge in [-0.2, -0.15) is 0 Å². The van der Waals surface area contributed by atoms with E-state index in [2.05, 4.69) is 4.98 Å². The molecular weight excluding hydrogens is 318 g/mol. The molecule has 0 spiro atoms. The Morgan fingerprint density at radius 1 is 1.13 bits per heavy atom. The van der Waals surface area contributed by atoms with Crippen molar-refractivity contribution in [2.75, 3.05) is 0 Å². The van der Waals surface area contributed by atoms with Crippen molar-refractivity contribution >= 4 is 26.7 Å². The number of nitro groups is 1. The second kappa shape index (κ2) is 5.17. The molecule has 0 bridgehead atoms. The number of aryl methyl sites for hydroxylation is 2. The van der Waals surface area contributed by atoms with Crippen molar-refractivity contribution in [3.63, 3.8) is 0 Å². The van der Waals surface area contributed by atoms with E-state index >= 15 is 0 Å². The Labute approximate surface area is 132 Å². The van der Waals surface area contributed by atoms with E-state index in [9.17, 15) is 18.5 Å². The minimum atomic E-state index is -3.99. The zero-order valence-corrected chi connectivity index (χ0v) is 13.2. The molecule has 1 heterocycles. The smallest absolute Gasteiger partial charge is 0.258 e. The van der Waals surface area contributed by atoms with Crippen molar-refractivity contribution in [1.29, 1.82) is 0 Å². The van der Waals surface area contributed by atoms with Crippen LogP contribution in [0.4, 0.5) is 5.69 Å². The van der Waals surface area contributed by atoms with Crippen molar-refractivity contribution in [2.24, 2.45) is 0 Å². The average Bonchev–Trinajstić information content (AvgIpc) is 2.83. The summed E-state index contributed by atoms with van der Waals surface area (Å²) in [4.78, 5) is 14.5. The molecule has 3 rings (SSSR count). The summed E-state index contributed by atoms with van der Waals surface area (Å²) in [5.41, 5.74) is 1.16.